The second-order valence-electron chi connectivity index (χ2n) is 5.40. The van der Waals surface area contributed by atoms with E-state index in [0.29, 0.717) is 5.41 Å². The van der Waals surface area contributed by atoms with Crippen LogP contribution >= 0.6 is 0 Å². The zero-order chi connectivity index (χ0) is 10.1. The summed E-state index contributed by atoms with van der Waals surface area (Å²) in [5.74, 6) is 0.825. The molecule has 3 nitrogen and oxygen atoms in total. The summed E-state index contributed by atoms with van der Waals surface area (Å²) < 4.78 is 10.9. The molecule has 1 aliphatic carbocycles. The molecule has 15 heavy (non-hydrogen) atoms. The predicted molar refractivity (Wildman–Crippen MR) is 57.8 cm³/mol. The molecule has 3 aliphatic rings. The highest BCUT2D eigenvalue weighted by molar-refractivity contribution is 4.96. The fourth-order valence-electron chi connectivity index (χ4n) is 2.79. The highest BCUT2D eigenvalue weighted by Crippen LogP contribution is 2.41. The predicted octanol–water partition coefficient (Wildman–Crippen LogP) is 1.18. The van der Waals surface area contributed by atoms with Gasteiger partial charge in [-0.3, -0.25) is 0 Å². The van der Waals surface area contributed by atoms with E-state index in [1.165, 1.54) is 32.2 Å². The summed E-state index contributed by atoms with van der Waals surface area (Å²) in [5, 5.41) is 3.68. The van der Waals surface area contributed by atoms with Crippen LogP contribution in [-0.2, 0) is 9.47 Å². The summed E-state index contributed by atoms with van der Waals surface area (Å²) in [5.41, 5.74) is 0.451. The largest absolute Gasteiger partial charge is 0.381 e. The molecule has 1 saturated carbocycles. The van der Waals surface area contributed by atoms with Gasteiger partial charge in [0, 0.05) is 31.2 Å². The van der Waals surface area contributed by atoms with Crippen molar-refractivity contribution in [3.05, 3.63) is 0 Å². The second-order valence-corrected chi connectivity index (χ2v) is 5.40. The molecular weight excluding hydrogens is 190 g/mol. The van der Waals surface area contributed by atoms with Gasteiger partial charge in [0.25, 0.3) is 0 Å². The van der Waals surface area contributed by atoms with Crippen LogP contribution in [0.25, 0.3) is 0 Å². The molecule has 3 rings (SSSR count). The summed E-state index contributed by atoms with van der Waals surface area (Å²) in [6.45, 7) is 5.02. The minimum Gasteiger partial charge on any atom is -0.381 e. The Morgan fingerprint density at radius 1 is 1.00 bits per heavy atom. The third kappa shape index (κ3) is 2.05. The highest BCUT2D eigenvalue weighted by atomic mass is 16.5. The van der Waals surface area contributed by atoms with Crippen molar-refractivity contribution in [2.45, 2.75) is 31.7 Å². The van der Waals surface area contributed by atoms with E-state index in [1.807, 2.05) is 0 Å². The maximum atomic E-state index is 5.46. The standard InChI is InChI=1S/C12H21NO2/c1-2-11(1)13-7-12(8-15-9-12)10-3-5-14-6-4-10/h10-11,13H,1-9H2. The molecule has 2 saturated heterocycles. The lowest BCUT2D eigenvalue weighted by atomic mass is 9.70. The first kappa shape index (κ1) is 10.1. The topological polar surface area (TPSA) is 30.5 Å². The Balaban J connectivity index is 1.56. The second kappa shape index (κ2) is 4.04. The average Bonchev–Trinajstić information content (AvgIpc) is 3.02. The number of rotatable bonds is 4. The lowest BCUT2D eigenvalue weighted by Gasteiger charge is -2.48. The summed E-state index contributed by atoms with van der Waals surface area (Å²) in [4.78, 5) is 0. The molecule has 0 radical (unpaired) electrons. The van der Waals surface area contributed by atoms with Gasteiger partial charge in [0.1, 0.15) is 0 Å². The molecule has 0 aromatic heterocycles. The normalized spacial score (nSPS) is 31.2. The molecule has 3 fully saturated rings. The van der Waals surface area contributed by atoms with Gasteiger partial charge >= 0.3 is 0 Å². The maximum absolute atomic E-state index is 5.46. The monoisotopic (exact) mass is 211 g/mol. The van der Waals surface area contributed by atoms with Crippen LogP contribution in [0, 0.1) is 11.3 Å². The van der Waals surface area contributed by atoms with Crippen LogP contribution in [0.2, 0.25) is 0 Å². The van der Waals surface area contributed by atoms with Crippen molar-refractivity contribution in [2.75, 3.05) is 33.0 Å². The Bertz CT molecular complexity index is 218. The van der Waals surface area contributed by atoms with E-state index in [-0.39, 0.29) is 0 Å². The van der Waals surface area contributed by atoms with Gasteiger partial charge < -0.3 is 14.8 Å². The Morgan fingerprint density at radius 3 is 2.27 bits per heavy atom. The molecule has 3 heteroatoms. The minimum absolute atomic E-state index is 0.451. The quantitative estimate of drug-likeness (QED) is 0.757. The van der Waals surface area contributed by atoms with E-state index in [4.69, 9.17) is 9.47 Å². The number of hydrogen-bond acceptors (Lipinski definition) is 3. The minimum atomic E-state index is 0.451. The summed E-state index contributed by atoms with van der Waals surface area (Å²) >= 11 is 0. The Hall–Kier alpha value is -0.120. The molecule has 0 unspecified atom stereocenters. The first-order chi connectivity index (χ1) is 7.39. The van der Waals surface area contributed by atoms with E-state index in [2.05, 4.69) is 5.32 Å². The molecular formula is C12H21NO2. The van der Waals surface area contributed by atoms with Gasteiger partial charge in [-0.2, -0.15) is 0 Å². The SMILES string of the molecule is C1CC(C2(CNC3CC3)COC2)CCO1. The summed E-state index contributed by atoms with van der Waals surface area (Å²) in [7, 11) is 0. The van der Waals surface area contributed by atoms with Gasteiger partial charge in [0.2, 0.25) is 0 Å². The van der Waals surface area contributed by atoms with Crippen molar-refractivity contribution < 1.29 is 9.47 Å². The fraction of sp³-hybridized carbons (Fsp3) is 1.00. The van der Waals surface area contributed by atoms with E-state index in [0.717, 1.165) is 38.4 Å². The van der Waals surface area contributed by atoms with E-state index < -0.39 is 0 Å². The van der Waals surface area contributed by atoms with Crippen LogP contribution in [0.1, 0.15) is 25.7 Å². The van der Waals surface area contributed by atoms with Gasteiger partial charge in [0.05, 0.1) is 13.2 Å². The van der Waals surface area contributed by atoms with Gasteiger partial charge in [0.15, 0.2) is 0 Å². The van der Waals surface area contributed by atoms with Crippen molar-refractivity contribution in [3.8, 4) is 0 Å². The Kier molecular flexibility index (Phi) is 2.71. The first-order valence-electron chi connectivity index (χ1n) is 6.28. The van der Waals surface area contributed by atoms with Crippen LogP contribution in [0.4, 0.5) is 0 Å². The number of hydrogen-bond donors (Lipinski definition) is 1. The van der Waals surface area contributed by atoms with Crippen LogP contribution in [0.5, 0.6) is 0 Å². The van der Waals surface area contributed by atoms with Crippen molar-refractivity contribution in [1.82, 2.24) is 5.32 Å². The van der Waals surface area contributed by atoms with Crippen LogP contribution in [-0.4, -0.2) is 39.0 Å². The van der Waals surface area contributed by atoms with E-state index in [9.17, 15) is 0 Å². The molecule has 0 bridgehead atoms. The molecule has 0 amide bonds. The van der Waals surface area contributed by atoms with Crippen LogP contribution in [0.15, 0.2) is 0 Å². The zero-order valence-corrected chi connectivity index (χ0v) is 9.34. The van der Waals surface area contributed by atoms with Crippen molar-refractivity contribution in [2.24, 2.45) is 11.3 Å². The zero-order valence-electron chi connectivity index (χ0n) is 9.34. The van der Waals surface area contributed by atoms with Gasteiger partial charge in [-0.15, -0.1) is 0 Å². The highest BCUT2D eigenvalue weighted by Gasteiger charge is 2.46. The maximum Gasteiger partial charge on any atom is 0.0559 e. The molecule has 0 atom stereocenters. The first-order valence-corrected chi connectivity index (χ1v) is 6.28. The number of nitrogens with one attached hydrogen (secondary N) is 1. The van der Waals surface area contributed by atoms with Gasteiger partial charge in [-0.1, -0.05) is 0 Å². The smallest absolute Gasteiger partial charge is 0.0559 e. The average molecular weight is 211 g/mol. The molecule has 0 aromatic rings. The third-order valence-corrected chi connectivity index (χ3v) is 4.19. The van der Waals surface area contributed by atoms with Gasteiger partial charge in [-0.25, -0.2) is 0 Å². The molecule has 0 spiro atoms. The van der Waals surface area contributed by atoms with Gasteiger partial charge in [-0.05, 0) is 31.6 Å². The Morgan fingerprint density at radius 2 is 1.73 bits per heavy atom. The lowest BCUT2D eigenvalue weighted by Crippen LogP contribution is -2.55. The molecule has 1 N–H and O–H groups in total. The van der Waals surface area contributed by atoms with Crippen LogP contribution in [0.3, 0.4) is 0 Å². The van der Waals surface area contributed by atoms with Crippen LogP contribution < -0.4 is 5.32 Å². The summed E-state index contributed by atoms with van der Waals surface area (Å²) in [6.07, 6.45) is 5.22. The molecule has 2 heterocycles. The fourth-order valence-corrected chi connectivity index (χ4v) is 2.79. The van der Waals surface area contributed by atoms with E-state index >= 15 is 0 Å². The lowest BCUT2D eigenvalue weighted by molar-refractivity contribution is -0.160. The summed E-state index contributed by atoms with van der Waals surface area (Å²) in [6, 6.07) is 0.822. The van der Waals surface area contributed by atoms with Crippen molar-refractivity contribution in [1.29, 1.82) is 0 Å². The molecule has 86 valence electrons. The van der Waals surface area contributed by atoms with E-state index in [1.54, 1.807) is 0 Å². The third-order valence-electron chi connectivity index (χ3n) is 4.19. The van der Waals surface area contributed by atoms with Crippen molar-refractivity contribution >= 4 is 0 Å². The van der Waals surface area contributed by atoms with Crippen molar-refractivity contribution in [3.63, 3.8) is 0 Å². The molecule has 2 aliphatic heterocycles. The number of ether oxygens (including phenoxy) is 2. The molecule has 0 aromatic carbocycles. The Labute approximate surface area is 91.5 Å².